The topological polar surface area (TPSA) is 49.4 Å². The van der Waals surface area contributed by atoms with Gasteiger partial charge in [-0.1, -0.05) is 24.6 Å². The summed E-state index contributed by atoms with van der Waals surface area (Å²) in [7, 11) is 0. The summed E-state index contributed by atoms with van der Waals surface area (Å²) in [6, 6.07) is 5.09. The Labute approximate surface area is 117 Å². The van der Waals surface area contributed by atoms with E-state index in [2.05, 4.69) is 5.32 Å². The fraction of sp³-hybridized carbons (Fsp3) is 0.429. The summed E-state index contributed by atoms with van der Waals surface area (Å²) in [6.45, 7) is 4.19. The minimum Gasteiger partial charge on any atom is -0.344 e. The summed E-state index contributed by atoms with van der Waals surface area (Å²) in [5.74, 6) is -0.188. The van der Waals surface area contributed by atoms with Gasteiger partial charge in [-0.05, 0) is 31.0 Å². The lowest BCUT2D eigenvalue weighted by Crippen LogP contribution is -2.44. The lowest BCUT2D eigenvalue weighted by molar-refractivity contribution is -0.125. The fourth-order valence-corrected chi connectivity index (χ4v) is 2.40. The van der Waals surface area contributed by atoms with Crippen LogP contribution in [0, 0.1) is 6.92 Å². The molecule has 0 radical (unpaired) electrons. The number of hydrogen-bond acceptors (Lipinski definition) is 2. The molecule has 1 fully saturated rings. The Morgan fingerprint density at radius 3 is 2.84 bits per heavy atom. The van der Waals surface area contributed by atoms with Gasteiger partial charge in [-0.2, -0.15) is 0 Å². The summed E-state index contributed by atoms with van der Waals surface area (Å²) in [4.78, 5) is 25.7. The molecule has 1 atom stereocenters. The van der Waals surface area contributed by atoms with Crippen molar-refractivity contribution >= 4 is 29.1 Å². The molecule has 1 heterocycles. The Balaban J connectivity index is 2.38. The molecule has 0 bridgehead atoms. The van der Waals surface area contributed by atoms with E-state index < -0.39 is 6.04 Å². The Hall–Kier alpha value is -1.55. The molecule has 1 aromatic carbocycles. The molecule has 1 aliphatic rings. The van der Waals surface area contributed by atoms with Crippen molar-refractivity contribution in [1.82, 2.24) is 5.32 Å². The minimum absolute atomic E-state index is 0.0912. The number of benzene rings is 1. The first kappa shape index (κ1) is 13.9. The van der Waals surface area contributed by atoms with Crippen molar-refractivity contribution in [3.05, 3.63) is 28.8 Å². The van der Waals surface area contributed by atoms with Gasteiger partial charge in [0.1, 0.15) is 6.04 Å². The van der Waals surface area contributed by atoms with Gasteiger partial charge in [-0.3, -0.25) is 9.59 Å². The standard InChI is InChI=1S/C14H17ClN2O2/c1-3-11-14(19)17(7-6-13(18)16-11)12-8-9(2)4-5-10(12)15/h4-5,8,11H,3,6-7H2,1-2H3,(H,16,18). The molecule has 4 nitrogen and oxygen atoms in total. The van der Waals surface area contributed by atoms with Crippen molar-refractivity contribution in [2.75, 3.05) is 11.4 Å². The molecule has 0 aliphatic carbocycles. The molecule has 1 aromatic rings. The van der Waals surface area contributed by atoms with Crippen LogP contribution in [0.3, 0.4) is 0 Å². The van der Waals surface area contributed by atoms with Gasteiger partial charge in [0.05, 0.1) is 10.7 Å². The molecule has 1 N–H and O–H groups in total. The van der Waals surface area contributed by atoms with E-state index in [1.807, 2.05) is 26.0 Å². The van der Waals surface area contributed by atoms with Gasteiger partial charge in [0.25, 0.3) is 0 Å². The predicted molar refractivity (Wildman–Crippen MR) is 75.4 cm³/mol. The summed E-state index contributed by atoms with van der Waals surface area (Å²) < 4.78 is 0. The van der Waals surface area contributed by atoms with Gasteiger partial charge in [-0.25, -0.2) is 0 Å². The molecule has 2 rings (SSSR count). The lowest BCUT2D eigenvalue weighted by atomic mass is 10.1. The Kier molecular flexibility index (Phi) is 4.10. The molecule has 0 saturated carbocycles. The molecule has 0 aromatic heterocycles. The zero-order valence-corrected chi connectivity index (χ0v) is 11.8. The van der Waals surface area contributed by atoms with Crippen LogP contribution >= 0.6 is 11.6 Å². The van der Waals surface area contributed by atoms with E-state index in [1.165, 1.54) is 0 Å². The maximum Gasteiger partial charge on any atom is 0.249 e. The first-order chi connectivity index (χ1) is 9.02. The second-order valence-corrected chi connectivity index (χ2v) is 5.13. The van der Waals surface area contributed by atoms with Crippen molar-refractivity contribution in [3.63, 3.8) is 0 Å². The normalized spacial score (nSPS) is 20.2. The first-order valence-electron chi connectivity index (χ1n) is 6.39. The summed E-state index contributed by atoms with van der Waals surface area (Å²) >= 11 is 6.18. The Morgan fingerprint density at radius 1 is 1.42 bits per heavy atom. The number of carbonyl (C=O) groups is 2. The van der Waals surface area contributed by atoms with Crippen LogP contribution in [0.25, 0.3) is 0 Å². The van der Waals surface area contributed by atoms with E-state index in [9.17, 15) is 9.59 Å². The summed E-state index contributed by atoms with van der Waals surface area (Å²) in [6.07, 6.45) is 0.872. The highest BCUT2D eigenvalue weighted by Crippen LogP contribution is 2.28. The van der Waals surface area contributed by atoms with Gasteiger partial charge in [0.2, 0.25) is 11.8 Å². The van der Waals surface area contributed by atoms with Gasteiger partial charge in [0.15, 0.2) is 0 Å². The van der Waals surface area contributed by atoms with E-state index in [0.29, 0.717) is 30.1 Å². The third-order valence-corrected chi connectivity index (χ3v) is 3.58. The van der Waals surface area contributed by atoms with Crippen LogP contribution in [0.1, 0.15) is 25.3 Å². The van der Waals surface area contributed by atoms with E-state index in [4.69, 9.17) is 11.6 Å². The highest BCUT2D eigenvalue weighted by molar-refractivity contribution is 6.34. The first-order valence-corrected chi connectivity index (χ1v) is 6.77. The summed E-state index contributed by atoms with van der Waals surface area (Å²) in [5.41, 5.74) is 1.71. The largest absolute Gasteiger partial charge is 0.344 e. The Bertz CT molecular complexity index is 516. The number of carbonyl (C=O) groups excluding carboxylic acids is 2. The van der Waals surface area contributed by atoms with E-state index in [-0.39, 0.29) is 11.8 Å². The number of nitrogens with zero attached hydrogens (tertiary/aromatic N) is 1. The third kappa shape index (κ3) is 2.89. The van der Waals surface area contributed by atoms with Gasteiger partial charge < -0.3 is 10.2 Å². The molecular weight excluding hydrogens is 264 g/mol. The zero-order chi connectivity index (χ0) is 14.0. The van der Waals surface area contributed by atoms with Crippen LogP contribution in [0.15, 0.2) is 18.2 Å². The Morgan fingerprint density at radius 2 is 2.16 bits per heavy atom. The molecule has 5 heteroatoms. The molecular formula is C14H17ClN2O2. The monoisotopic (exact) mass is 280 g/mol. The number of nitrogens with one attached hydrogen (secondary N) is 1. The number of rotatable bonds is 2. The second kappa shape index (κ2) is 5.61. The van der Waals surface area contributed by atoms with E-state index in [0.717, 1.165) is 5.56 Å². The van der Waals surface area contributed by atoms with Crippen molar-refractivity contribution in [3.8, 4) is 0 Å². The fourth-order valence-electron chi connectivity index (χ4n) is 2.19. The SMILES string of the molecule is CCC1NC(=O)CCN(c2cc(C)ccc2Cl)C1=O. The van der Waals surface area contributed by atoms with Crippen LogP contribution in [-0.2, 0) is 9.59 Å². The number of aryl methyl sites for hydroxylation is 1. The molecule has 2 amide bonds. The van der Waals surface area contributed by atoms with E-state index in [1.54, 1.807) is 11.0 Å². The molecule has 1 saturated heterocycles. The van der Waals surface area contributed by atoms with Crippen LogP contribution in [0.5, 0.6) is 0 Å². The highest BCUT2D eigenvalue weighted by Gasteiger charge is 2.30. The van der Waals surface area contributed by atoms with Crippen molar-refractivity contribution in [2.45, 2.75) is 32.7 Å². The number of hydrogen-bond donors (Lipinski definition) is 1. The van der Waals surface area contributed by atoms with Gasteiger partial charge in [0, 0.05) is 13.0 Å². The lowest BCUT2D eigenvalue weighted by Gasteiger charge is -2.24. The quantitative estimate of drug-likeness (QED) is 0.903. The number of anilines is 1. The highest BCUT2D eigenvalue weighted by atomic mass is 35.5. The van der Waals surface area contributed by atoms with E-state index >= 15 is 0 Å². The molecule has 102 valence electrons. The maximum absolute atomic E-state index is 12.4. The van der Waals surface area contributed by atoms with Crippen molar-refractivity contribution in [2.24, 2.45) is 0 Å². The molecule has 0 spiro atoms. The summed E-state index contributed by atoms with van der Waals surface area (Å²) in [5, 5.41) is 3.27. The molecule has 19 heavy (non-hydrogen) atoms. The van der Waals surface area contributed by atoms with Crippen LogP contribution in [0.4, 0.5) is 5.69 Å². The van der Waals surface area contributed by atoms with Crippen molar-refractivity contribution < 1.29 is 9.59 Å². The maximum atomic E-state index is 12.4. The number of amides is 2. The van der Waals surface area contributed by atoms with Gasteiger partial charge >= 0.3 is 0 Å². The van der Waals surface area contributed by atoms with Crippen molar-refractivity contribution in [1.29, 1.82) is 0 Å². The molecule has 1 unspecified atom stereocenters. The molecule has 1 aliphatic heterocycles. The number of halogens is 1. The van der Waals surface area contributed by atoms with Gasteiger partial charge in [-0.15, -0.1) is 0 Å². The third-order valence-electron chi connectivity index (χ3n) is 3.26. The smallest absolute Gasteiger partial charge is 0.249 e. The van der Waals surface area contributed by atoms with Crippen LogP contribution in [0.2, 0.25) is 5.02 Å². The van der Waals surface area contributed by atoms with Crippen LogP contribution < -0.4 is 10.2 Å². The second-order valence-electron chi connectivity index (χ2n) is 4.72. The van der Waals surface area contributed by atoms with Crippen LogP contribution in [-0.4, -0.2) is 24.4 Å². The predicted octanol–water partition coefficient (Wildman–Crippen LogP) is 2.28. The average molecular weight is 281 g/mol. The minimum atomic E-state index is -0.466. The zero-order valence-electron chi connectivity index (χ0n) is 11.1. The average Bonchev–Trinajstić information content (AvgIpc) is 2.52.